The third-order valence-electron chi connectivity index (χ3n) is 1.72. The summed E-state index contributed by atoms with van der Waals surface area (Å²) >= 11 is 0. The maximum atomic E-state index is 11.7. The first-order valence-electron chi connectivity index (χ1n) is 4.31. The van der Waals surface area contributed by atoms with Gasteiger partial charge in [-0.05, 0) is 19.1 Å². The molecule has 84 valence electrons. The van der Waals surface area contributed by atoms with Crippen molar-refractivity contribution in [3.63, 3.8) is 0 Å². The van der Waals surface area contributed by atoms with E-state index in [1.807, 2.05) is 0 Å². The molecule has 1 heterocycles. The average molecular weight is 231 g/mol. The van der Waals surface area contributed by atoms with Gasteiger partial charge in [-0.25, -0.2) is 18.1 Å². The highest BCUT2D eigenvalue weighted by Crippen LogP contribution is 2.14. The number of nitrogen functional groups attached to an aromatic ring is 1. The Morgan fingerprint density at radius 2 is 2.33 bits per heavy atom. The van der Waals surface area contributed by atoms with E-state index in [0.717, 1.165) is 0 Å². The van der Waals surface area contributed by atoms with Gasteiger partial charge in [0.2, 0.25) is 10.0 Å². The number of pyridine rings is 1. The van der Waals surface area contributed by atoms with Crippen molar-refractivity contribution in [2.24, 2.45) is 0 Å². The van der Waals surface area contributed by atoms with Gasteiger partial charge in [0.25, 0.3) is 0 Å². The zero-order valence-electron chi connectivity index (χ0n) is 8.21. The molecule has 0 bridgehead atoms. The number of hydrogen-bond acceptors (Lipinski definition) is 5. The zero-order valence-corrected chi connectivity index (χ0v) is 9.03. The second-order valence-corrected chi connectivity index (χ2v) is 4.77. The van der Waals surface area contributed by atoms with Gasteiger partial charge in [0.1, 0.15) is 10.7 Å². The normalized spacial score (nSPS) is 13.7. The van der Waals surface area contributed by atoms with Gasteiger partial charge in [-0.2, -0.15) is 0 Å². The van der Waals surface area contributed by atoms with Crippen LogP contribution < -0.4 is 10.5 Å². The van der Waals surface area contributed by atoms with E-state index < -0.39 is 16.1 Å². The van der Waals surface area contributed by atoms with Crippen LogP contribution in [-0.2, 0) is 10.0 Å². The minimum absolute atomic E-state index is 0.0601. The van der Waals surface area contributed by atoms with Gasteiger partial charge in [-0.15, -0.1) is 0 Å². The van der Waals surface area contributed by atoms with E-state index in [-0.39, 0.29) is 17.3 Å². The number of aliphatic hydroxyl groups is 1. The minimum atomic E-state index is -3.70. The highest BCUT2D eigenvalue weighted by atomic mass is 32.2. The monoisotopic (exact) mass is 231 g/mol. The second kappa shape index (κ2) is 4.56. The van der Waals surface area contributed by atoms with Gasteiger partial charge < -0.3 is 10.8 Å². The van der Waals surface area contributed by atoms with Gasteiger partial charge in [0, 0.05) is 12.2 Å². The molecule has 6 nitrogen and oxygen atoms in total. The Morgan fingerprint density at radius 1 is 1.67 bits per heavy atom. The van der Waals surface area contributed by atoms with Crippen molar-refractivity contribution < 1.29 is 13.5 Å². The molecule has 0 saturated carbocycles. The standard InChI is InChI=1S/C8H13N3O3S/c1-6(5-12)11-15(13,14)7-3-2-4-10-8(7)9/h2-4,6,11-12H,5H2,1H3,(H2,9,10). The van der Waals surface area contributed by atoms with E-state index in [1.165, 1.54) is 18.3 Å². The number of sulfonamides is 1. The molecule has 0 radical (unpaired) electrons. The summed E-state index contributed by atoms with van der Waals surface area (Å²) in [6, 6.07) is 2.28. The van der Waals surface area contributed by atoms with Crippen LogP contribution in [0.2, 0.25) is 0 Å². The quantitative estimate of drug-likeness (QED) is 0.637. The van der Waals surface area contributed by atoms with Gasteiger partial charge in [-0.1, -0.05) is 0 Å². The van der Waals surface area contributed by atoms with Crippen molar-refractivity contribution in [3.05, 3.63) is 18.3 Å². The summed E-state index contributed by atoms with van der Waals surface area (Å²) in [6.07, 6.45) is 1.41. The third-order valence-corrected chi connectivity index (χ3v) is 3.36. The number of anilines is 1. The number of rotatable bonds is 4. The molecule has 0 aromatic carbocycles. The van der Waals surface area contributed by atoms with Crippen LogP contribution in [0, 0.1) is 0 Å². The summed E-state index contributed by atoms with van der Waals surface area (Å²) in [5.41, 5.74) is 5.43. The molecule has 1 unspecified atom stereocenters. The molecule has 0 amide bonds. The molecule has 1 aromatic rings. The van der Waals surface area contributed by atoms with Crippen molar-refractivity contribution in [3.8, 4) is 0 Å². The first-order chi connectivity index (χ1) is 6.97. The number of aliphatic hydroxyl groups excluding tert-OH is 1. The molecule has 15 heavy (non-hydrogen) atoms. The van der Waals surface area contributed by atoms with E-state index in [1.54, 1.807) is 6.92 Å². The summed E-state index contributed by atoms with van der Waals surface area (Å²) in [6.45, 7) is 1.27. The number of nitrogens with zero attached hydrogens (tertiary/aromatic N) is 1. The van der Waals surface area contributed by atoms with Gasteiger partial charge in [-0.3, -0.25) is 0 Å². The highest BCUT2D eigenvalue weighted by molar-refractivity contribution is 7.89. The predicted molar refractivity (Wildman–Crippen MR) is 55.5 cm³/mol. The maximum Gasteiger partial charge on any atom is 0.244 e. The number of aromatic nitrogens is 1. The van der Waals surface area contributed by atoms with Gasteiger partial charge >= 0.3 is 0 Å². The largest absolute Gasteiger partial charge is 0.395 e. The molecule has 4 N–H and O–H groups in total. The summed E-state index contributed by atoms with van der Waals surface area (Å²) in [7, 11) is -3.70. The van der Waals surface area contributed by atoms with Gasteiger partial charge in [0.15, 0.2) is 0 Å². The molecule has 7 heteroatoms. The first kappa shape index (κ1) is 11.9. The molecule has 0 saturated heterocycles. The summed E-state index contributed by atoms with van der Waals surface area (Å²) < 4.78 is 25.6. The summed E-state index contributed by atoms with van der Waals surface area (Å²) in [5.74, 6) is -0.0601. The fourth-order valence-corrected chi connectivity index (χ4v) is 2.31. The van der Waals surface area contributed by atoms with Crippen LogP contribution >= 0.6 is 0 Å². The molecular weight excluding hydrogens is 218 g/mol. The first-order valence-corrected chi connectivity index (χ1v) is 5.79. The minimum Gasteiger partial charge on any atom is -0.395 e. The van der Waals surface area contributed by atoms with Crippen LogP contribution in [0.5, 0.6) is 0 Å². The Kier molecular flexibility index (Phi) is 3.61. The molecule has 0 fully saturated rings. The lowest BCUT2D eigenvalue weighted by atomic mass is 10.4. The number of nitrogens with one attached hydrogen (secondary N) is 1. The number of hydrogen-bond donors (Lipinski definition) is 3. The van der Waals surface area contributed by atoms with E-state index in [4.69, 9.17) is 10.8 Å². The second-order valence-electron chi connectivity index (χ2n) is 3.09. The molecule has 0 aliphatic heterocycles. The van der Waals surface area contributed by atoms with Crippen LogP contribution in [0.3, 0.4) is 0 Å². The molecule has 0 aliphatic carbocycles. The van der Waals surface area contributed by atoms with Crippen molar-refractivity contribution in [1.82, 2.24) is 9.71 Å². The lowest BCUT2D eigenvalue weighted by Gasteiger charge is -2.12. The van der Waals surface area contributed by atoms with E-state index in [2.05, 4.69) is 9.71 Å². The highest BCUT2D eigenvalue weighted by Gasteiger charge is 2.19. The predicted octanol–water partition coefficient (Wildman–Crippen LogP) is -0.677. The molecule has 1 rings (SSSR count). The molecule has 0 spiro atoms. The fourth-order valence-electron chi connectivity index (χ4n) is 0.996. The van der Waals surface area contributed by atoms with Crippen LogP contribution in [0.25, 0.3) is 0 Å². The van der Waals surface area contributed by atoms with Crippen molar-refractivity contribution in [2.45, 2.75) is 17.9 Å². The van der Waals surface area contributed by atoms with Crippen LogP contribution in [0.4, 0.5) is 5.82 Å². The maximum absolute atomic E-state index is 11.7. The van der Waals surface area contributed by atoms with Crippen LogP contribution in [0.15, 0.2) is 23.2 Å². The Balaban J connectivity index is 3.02. The van der Waals surface area contributed by atoms with E-state index >= 15 is 0 Å². The molecule has 1 atom stereocenters. The molecule has 0 aliphatic rings. The lowest BCUT2D eigenvalue weighted by Crippen LogP contribution is -2.35. The Morgan fingerprint density at radius 3 is 2.87 bits per heavy atom. The van der Waals surface area contributed by atoms with Crippen molar-refractivity contribution >= 4 is 15.8 Å². The van der Waals surface area contributed by atoms with Crippen molar-refractivity contribution in [1.29, 1.82) is 0 Å². The average Bonchev–Trinajstić information content (AvgIpc) is 2.17. The summed E-state index contributed by atoms with van der Waals surface area (Å²) in [4.78, 5) is 3.60. The Bertz CT molecular complexity index is 433. The molecule has 1 aromatic heterocycles. The van der Waals surface area contributed by atoms with E-state index in [9.17, 15) is 8.42 Å². The van der Waals surface area contributed by atoms with Crippen LogP contribution in [0.1, 0.15) is 6.92 Å². The lowest BCUT2D eigenvalue weighted by molar-refractivity contribution is 0.265. The van der Waals surface area contributed by atoms with E-state index in [0.29, 0.717) is 0 Å². The third kappa shape index (κ3) is 2.88. The Labute approximate surface area is 88.2 Å². The SMILES string of the molecule is CC(CO)NS(=O)(=O)c1cccnc1N. The Hall–Kier alpha value is -1.18. The topological polar surface area (TPSA) is 105 Å². The zero-order chi connectivity index (χ0) is 11.5. The smallest absolute Gasteiger partial charge is 0.244 e. The fraction of sp³-hybridized carbons (Fsp3) is 0.375. The van der Waals surface area contributed by atoms with Crippen LogP contribution in [-0.4, -0.2) is 31.2 Å². The van der Waals surface area contributed by atoms with Crippen molar-refractivity contribution in [2.75, 3.05) is 12.3 Å². The summed E-state index contributed by atoms with van der Waals surface area (Å²) in [5, 5.41) is 8.74. The number of nitrogens with two attached hydrogens (primary N) is 1. The van der Waals surface area contributed by atoms with Gasteiger partial charge in [0.05, 0.1) is 6.61 Å². The molecular formula is C8H13N3O3S.